The van der Waals surface area contributed by atoms with Crippen LogP contribution in [0.2, 0.25) is 10.0 Å². The Kier molecular flexibility index (Phi) is 7.87. The number of nitrogens with zero attached hydrogens (tertiary/aromatic N) is 1. The van der Waals surface area contributed by atoms with Crippen LogP contribution in [0, 0.1) is 13.8 Å². The van der Waals surface area contributed by atoms with Gasteiger partial charge in [0.05, 0.1) is 11.2 Å². The third-order valence-electron chi connectivity index (χ3n) is 4.65. The number of rotatable bonds is 6. The Morgan fingerprint density at radius 3 is 2.44 bits per heavy atom. The maximum absolute atomic E-state index is 12.0. The maximum atomic E-state index is 12.0. The molecule has 0 radical (unpaired) electrons. The molecule has 32 heavy (non-hydrogen) atoms. The molecule has 0 saturated heterocycles. The average molecular weight is 470 g/mol. The van der Waals surface area contributed by atoms with Gasteiger partial charge in [-0.15, -0.1) is 0 Å². The van der Waals surface area contributed by atoms with Crippen molar-refractivity contribution in [1.29, 1.82) is 0 Å². The summed E-state index contributed by atoms with van der Waals surface area (Å²) in [5, 5.41) is 7.33. The Morgan fingerprint density at radius 2 is 1.72 bits per heavy atom. The average Bonchev–Trinajstić information content (AvgIpc) is 2.76. The second kappa shape index (κ2) is 10.8. The van der Waals surface area contributed by atoms with Crippen molar-refractivity contribution in [2.24, 2.45) is 5.10 Å². The SMILES string of the molecule is Cc1ccc(NC(=O)C(=O)N/N=C\c2ccc(OCc3ccccc3Cl)c(Cl)c2)cc1C. The molecule has 0 aliphatic heterocycles. The molecule has 2 N–H and O–H groups in total. The number of carbonyl (C=O) groups is 2. The van der Waals surface area contributed by atoms with Crippen molar-refractivity contribution in [2.45, 2.75) is 20.5 Å². The van der Waals surface area contributed by atoms with Crippen LogP contribution < -0.4 is 15.5 Å². The molecular formula is C24H21Cl2N3O3. The summed E-state index contributed by atoms with van der Waals surface area (Å²) in [5.74, 6) is -1.21. The van der Waals surface area contributed by atoms with Gasteiger partial charge in [-0.3, -0.25) is 9.59 Å². The number of aryl methyl sites for hydroxylation is 2. The molecular weight excluding hydrogens is 449 g/mol. The predicted octanol–water partition coefficient (Wildman–Crippen LogP) is 5.28. The molecule has 0 spiro atoms. The summed E-state index contributed by atoms with van der Waals surface area (Å²) in [6, 6.07) is 17.8. The van der Waals surface area contributed by atoms with Gasteiger partial charge in [0, 0.05) is 16.3 Å². The minimum atomic E-state index is -0.884. The third kappa shape index (κ3) is 6.33. The van der Waals surface area contributed by atoms with Crippen molar-refractivity contribution in [3.8, 4) is 5.75 Å². The molecule has 3 aromatic carbocycles. The highest BCUT2D eigenvalue weighted by Crippen LogP contribution is 2.27. The van der Waals surface area contributed by atoms with Gasteiger partial charge >= 0.3 is 11.8 Å². The van der Waals surface area contributed by atoms with Crippen LogP contribution in [0.15, 0.2) is 65.8 Å². The number of nitrogens with one attached hydrogen (secondary N) is 2. The highest BCUT2D eigenvalue weighted by atomic mass is 35.5. The van der Waals surface area contributed by atoms with Gasteiger partial charge in [-0.1, -0.05) is 47.5 Å². The van der Waals surface area contributed by atoms with Gasteiger partial charge in [0.25, 0.3) is 0 Å². The van der Waals surface area contributed by atoms with Crippen molar-refractivity contribution in [2.75, 3.05) is 5.32 Å². The first-order valence-corrected chi connectivity index (χ1v) is 10.5. The standard InChI is InChI=1S/C24H21Cl2N3O3/c1-15-7-9-19(11-16(15)2)28-23(30)24(31)29-27-13-17-8-10-22(21(26)12-17)32-14-18-5-3-4-6-20(18)25/h3-13H,14H2,1-2H3,(H,28,30)(H,29,31)/b27-13-. The van der Waals surface area contributed by atoms with E-state index in [9.17, 15) is 9.59 Å². The summed E-state index contributed by atoms with van der Waals surface area (Å²) in [6.07, 6.45) is 1.38. The highest BCUT2D eigenvalue weighted by Gasteiger charge is 2.13. The van der Waals surface area contributed by atoms with E-state index in [1.807, 2.05) is 38.1 Å². The lowest BCUT2D eigenvalue weighted by atomic mass is 10.1. The lowest BCUT2D eigenvalue weighted by Crippen LogP contribution is -2.32. The zero-order valence-electron chi connectivity index (χ0n) is 17.5. The van der Waals surface area contributed by atoms with Crippen LogP contribution in [0.25, 0.3) is 0 Å². The normalized spacial score (nSPS) is 10.8. The molecule has 6 nitrogen and oxygen atoms in total. The number of hydrazone groups is 1. The van der Waals surface area contributed by atoms with E-state index in [4.69, 9.17) is 27.9 Å². The summed E-state index contributed by atoms with van der Waals surface area (Å²) < 4.78 is 5.72. The fraction of sp³-hybridized carbons (Fsp3) is 0.125. The molecule has 8 heteroatoms. The largest absolute Gasteiger partial charge is 0.487 e. The van der Waals surface area contributed by atoms with E-state index in [0.29, 0.717) is 27.0 Å². The van der Waals surface area contributed by atoms with Crippen LogP contribution in [0.4, 0.5) is 5.69 Å². The maximum Gasteiger partial charge on any atom is 0.329 e. The van der Waals surface area contributed by atoms with Gasteiger partial charge < -0.3 is 10.1 Å². The lowest BCUT2D eigenvalue weighted by molar-refractivity contribution is -0.136. The number of anilines is 1. The van der Waals surface area contributed by atoms with E-state index >= 15 is 0 Å². The first kappa shape index (κ1) is 23.3. The monoisotopic (exact) mass is 469 g/mol. The van der Waals surface area contributed by atoms with Crippen LogP contribution >= 0.6 is 23.2 Å². The summed E-state index contributed by atoms with van der Waals surface area (Å²) in [7, 11) is 0. The predicted molar refractivity (Wildman–Crippen MR) is 128 cm³/mol. The number of hydrogen-bond donors (Lipinski definition) is 2. The van der Waals surface area contributed by atoms with E-state index in [2.05, 4.69) is 15.8 Å². The van der Waals surface area contributed by atoms with Gasteiger partial charge in [-0.25, -0.2) is 5.43 Å². The molecule has 3 aromatic rings. The zero-order valence-corrected chi connectivity index (χ0v) is 19.0. The molecule has 0 aliphatic carbocycles. The molecule has 0 bridgehead atoms. The molecule has 0 aliphatic rings. The number of hydrogen-bond acceptors (Lipinski definition) is 4. The van der Waals surface area contributed by atoms with Crippen LogP contribution in [0.5, 0.6) is 5.75 Å². The van der Waals surface area contributed by atoms with E-state index in [1.54, 1.807) is 36.4 Å². The zero-order chi connectivity index (χ0) is 23.1. The van der Waals surface area contributed by atoms with Crippen molar-refractivity contribution in [1.82, 2.24) is 5.43 Å². The van der Waals surface area contributed by atoms with Crippen molar-refractivity contribution >= 4 is 46.9 Å². The Labute approximate surface area is 196 Å². The molecule has 3 rings (SSSR count). The molecule has 0 heterocycles. The van der Waals surface area contributed by atoms with Crippen LogP contribution in [0.3, 0.4) is 0 Å². The molecule has 0 atom stereocenters. The second-order valence-electron chi connectivity index (χ2n) is 7.02. The first-order valence-electron chi connectivity index (χ1n) is 9.71. The number of amides is 2. The first-order chi connectivity index (χ1) is 15.3. The Balaban J connectivity index is 1.53. The number of benzene rings is 3. The third-order valence-corrected chi connectivity index (χ3v) is 5.31. The molecule has 0 aromatic heterocycles. The number of carbonyl (C=O) groups excluding carboxylic acids is 2. The van der Waals surface area contributed by atoms with E-state index < -0.39 is 11.8 Å². The smallest absolute Gasteiger partial charge is 0.329 e. The fourth-order valence-electron chi connectivity index (χ4n) is 2.71. The summed E-state index contributed by atoms with van der Waals surface area (Å²) in [6.45, 7) is 4.16. The van der Waals surface area contributed by atoms with Gasteiger partial charge in [-0.05, 0) is 66.9 Å². The van der Waals surface area contributed by atoms with Gasteiger partial charge in [0.2, 0.25) is 0 Å². The van der Waals surface area contributed by atoms with Crippen molar-refractivity contribution in [3.05, 3.63) is 93.0 Å². The van der Waals surface area contributed by atoms with Gasteiger partial charge in [0.15, 0.2) is 0 Å². The lowest BCUT2D eigenvalue weighted by Gasteiger charge is -2.09. The molecule has 0 unspecified atom stereocenters. The van der Waals surface area contributed by atoms with E-state index in [-0.39, 0.29) is 6.61 Å². The van der Waals surface area contributed by atoms with Gasteiger partial charge in [0.1, 0.15) is 12.4 Å². The summed E-state index contributed by atoms with van der Waals surface area (Å²) in [4.78, 5) is 24.0. The molecule has 164 valence electrons. The molecule has 0 fully saturated rings. The Morgan fingerprint density at radius 1 is 0.938 bits per heavy atom. The minimum absolute atomic E-state index is 0.276. The van der Waals surface area contributed by atoms with E-state index in [0.717, 1.165) is 16.7 Å². The second-order valence-corrected chi connectivity index (χ2v) is 7.84. The van der Waals surface area contributed by atoms with E-state index in [1.165, 1.54) is 6.21 Å². The van der Waals surface area contributed by atoms with Crippen LogP contribution in [-0.4, -0.2) is 18.0 Å². The summed E-state index contributed by atoms with van der Waals surface area (Å²) in [5.41, 5.74) is 6.30. The highest BCUT2D eigenvalue weighted by molar-refractivity contribution is 6.39. The van der Waals surface area contributed by atoms with Gasteiger partial charge in [-0.2, -0.15) is 5.10 Å². The number of halogens is 2. The number of ether oxygens (including phenoxy) is 1. The van der Waals surface area contributed by atoms with Crippen LogP contribution in [-0.2, 0) is 16.2 Å². The van der Waals surface area contributed by atoms with Crippen molar-refractivity contribution < 1.29 is 14.3 Å². The molecule has 0 saturated carbocycles. The van der Waals surface area contributed by atoms with Crippen molar-refractivity contribution in [3.63, 3.8) is 0 Å². The minimum Gasteiger partial charge on any atom is -0.487 e. The quantitative estimate of drug-likeness (QED) is 0.292. The Hall–Kier alpha value is -3.35. The fourth-order valence-corrected chi connectivity index (χ4v) is 3.14. The summed E-state index contributed by atoms with van der Waals surface area (Å²) >= 11 is 12.4. The van der Waals surface area contributed by atoms with Crippen LogP contribution in [0.1, 0.15) is 22.3 Å². The topological polar surface area (TPSA) is 79.8 Å². The molecule has 2 amide bonds. The Bertz CT molecular complexity index is 1180.